The maximum atomic E-state index is 13.5. The highest BCUT2D eigenvalue weighted by Gasteiger charge is 2.37. The number of carbonyl (C=O) groups is 1. The highest BCUT2D eigenvalue weighted by molar-refractivity contribution is 7.92. The van der Waals surface area contributed by atoms with Crippen LogP contribution >= 0.6 is 11.6 Å². The van der Waals surface area contributed by atoms with E-state index in [9.17, 15) is 17.6 Å². The van der Waals surface area contributed by atoms with Crippen LogP contribution in [0.1, 0.15) is 11.1 Å². The van der Waals surface area contributed by atoms with Crippen molar-refractivity contribution in [1.29, 1.82) is 0 Å². The third kappa shape index (κ3) is 4.28. The van der Waals surface area contributed by atoms with Gasteiger partial charge in [-0.15, -0.1) is 0 Å². The van der Waals surface area contributed by atoms with Gasteiger partial charge in [0.05, 0.1) is 22.2 Å². The average Bonchev–Trinajstić information content (AvgIpc) is 2.75. The lowest BCUT2D eigenvalue weighted by molar-refractivity contribution is -0.122. The van der Waals surface area contributed by atoms with Gasteiger partial charge in [-0.1, -0.05) is 35.4 Å². The van der Waals surface area contributed by atoms with Crippen molar-refractivity contribution in [3.8, 4) is 5.75 Å². The molecule has 1 heterocycles. The number of carbonyl (C=O) groups excluding carboxylic acids is 1. The third-order valence-electron chi connectivity index (χ3n) is 5.07. The van der Waals surface area contributed by atoms with Crippen LogP contribution in [0.3, 0.4) is 0 Å². The van der Waals surface area contributed by atoms with E-state index in [1.807, 2.05) is 13.8 Å². The molecule has 32 heavy (non-hydrogen) atoms. The van der Waals surface area contributed by atoms with E-state index < -0.39 is 27.9 Å². The van der Waals surface area contributed by atoms with Gasteiger partial charge in [0.25, 0.3) is 15.9 Å². The monoisotopic (exact) mass is 474 g/mol. The molecule has 6 nitrogen and oxygen atoms in total. The summed E-state index contributed by atoms with van der Waals surface area (Å²) in [6.45, 7) is 3.48. The number of nitrogens with zero attached hydrogens (tertiary/aromatic N) is 1. The molecule has 0 radical (unpaired) electrons. The Morgan fingerprint density at radius 1 is 1.06 bits per heavy atom. The van der Waals surface area contributed by atoms with E-state index in [2.05, 4.69) is 5.32 Å². The number of benzene rings is 3. The molecule has 0 fully saturated rings. The zero-order valence-corrected chi connectivity index (χ0v) is 18.9. The summed E-state index contributed by atoms with van der Waals surface area (Å²) in [5.74, 6) is -0.920. The van der Waals surface area contributed by atoms with Crippen LogP contribution in [-0.4, -0.2) is 27.0 Å². The number of aryl methyl sites for hydroxylation is 2. The van der Waals surface area contributed by atoms with E-state index in [1.54, 1.807) is 30.3 Å². The summed E-state index contributed by atoms with van der Waals surface area (Å²) in [6, 6.07) is 15.4. The second kappa shape index (κ2) is 8.44. The summed E-state index contributed by atoms with van der Waals surface area (Å²) in [5.41, 5.74) is 2.41. The van der Waals surface area contributed by atoms with Crippen molar-refractivity contribution in [3.63, 3.8) is 0 Å². The first-order chi connectivity index (χ1) is 15.1. The highest BCUT2D eigenvalue weighted by Crippen LogP contribution is 2.38. The number of fused-ring (bicyclic) bond motifs is 1. The number of hydrogen-bond acceptors (Lipinski definition) is 4. The number of halogens is 2. The molecule has 1 atom stereocenters. The maximum Gasteiger partial charge on any atom is 0.267 e. The SMILES string of the molecule is Cc1ccc(S(=O)(=O)N2CC(C(=O)Nc3ccc(F)c(Cl)c3)Oc3ccc(C)cc32)cc1. The Bertz CT molecular complexity index is 1300. The fourth-order valence-electron chi connectivity index (χ4n) is 3.36. The molecular formula is C23H20ClFN2O4S. The predicted octanol–water partition coefficient (Wildman–Crippen LogP) is 4.69. The lowest BCUT2D eigenvalue weighted by Gasteiger charge is -2.35. The van der Waals surface area contributed by atoms with Crippen molar-refractivity contribution in [2.24, 2.45) is 0 Å². The minimum absolute atomic E-state index is 0.113. The molecule has 1 unspecified atom stereocenters. The smallest absolute Gasteiger partial charge is 0.267 e. The summed E-state index contributed by atoms with van der Waals surface area (Å²) in [6.07, 6.45) is -1.13. The molecule has 3 aromatic rings. The molecule has 0 aromatic heterocycles. The lowest BCUT2D eigenvalue weighted by atomic mass is 10.1. The van der Waals surface area contributed by atoms with Gasteiger partial charge in [0.2, 0.25) is 0 Å². The largest absolute Gasteiger partial charge is 0.476 e. The van der Waals surface area contributed by atoms with Crippen LogP contribution in [0.25, 0.3) is 0 Å². The highest BCUT2D eigenvalue weighted by atomic mass is 35.5. The molecule has 9 heteroatoms. The molecule has 166 valence electrons. The zero-order chi connectivity index (χ0) is 23.0. The predicted molar refractivity (Wildman–Crippen MR) is 121 cm³/mol. The molecule has 1 N–H and O–H groups in total. The minimum Gasteiger partial charge on any atom is -0.476 e. The van der Waals surface area contributed by atoms with Gasteiger partial charge in [-0.3, -0.25) is 9.10 Å². The molecule has 3 aromatic carbocycles. The van der Waals surface area contributed by atoms with E-state index in [0.29, 0.717) is 5.69 Å². The van der Waals surface area contributed by atoms with Crippen LogP contribution in [-0.2, 0) is 14.8 Å². The Labute approximate surface area is 190 Å². The number of ether oxygens (including phenoxy) is 1. The second-order valence-electron chi connectivity index (χ2n) is 7.55. The van der Waals surface area contributed by atoms with Crippen LogP contribution in [0.2, 0.25) is 5.02 Å². The van der Waals surface area contributed by atoms with Crippen molar-refractivity contribution in [1.82, 2.24) is 0 Å². The molecule has 0 bridgehead atoms. The Hall–Kier alpha value is -3.10. The average molecular weight is 475 g/mol. The number of sulfonamides is 1. The fourth-order valence-corrected chi connectivity index (χ4v) is 5.01. The summed E-state index contributed by atoms with van der Waals surface area (Å²) in [4.78, 5) is 13.0. The first-order valence-electron chi connectivity index (χ1n) is 9.78. The summed E-state index contributed by atoms with van der Waals surface area (Å²) in [7, 11) is -3.96. The Kier molecular flexibility index (Phi) is 5.83. The zero-order valence-electron chi connectivity index (χ0n) is 17.3. The van der Waals surface area contributed by atoms with E-state index in [0.717, 1.165) is 17.2 Å². The second-order valence-corrected chi connectivity index (χ2v) is 9.81. The number of anilines is 2. The molecule has 1 aliphatic rings. The van der Waals surface area contributed by atoms with Crippen LogP contribution < -0.4 is 14.4 Å². The van der Waals surface area contributed by atoms with E-state index in [1.165, 1.54) is 28.6 Å². The Morgan fingerprint density at radius 3 is 2.44 bits per heavy atom. The van der Waals surface area contributed by atoms with Crippen LogP contribution in [0.15, 0.2) is 65.6 Å². The number of amides is 1. The van der Waals surface area contributed by atoms with E-state index in [-0.39, 0.29) is 27.9 Å². The van der Waals surface area contributed by atoms with Crippen molar-refractivity contribution in [2.75, 3.05) is 16.2 Å². The Morgan fingerprint density at radius 2 is 1.75 bits per heavy atom. The molecule has 0 spiro atoms. The molecule has 0 aliphatic carbocycles. The molecule has 0 saturated carbocycles. The van der Waals surface area contributed by atoms with Gasteiger partial charge in [0.15, 0.2) is 6.10 Å². The molecular weight excluding hydrogens is 455 g/mol. The fraction of sp³-hybridized carbons (Fsp3) is 0.174. The number of nitrogens with one attached hydrogen (secondary N) is 1. The van der Waals surface area contributed by atoms with Crippen molar-refractivity contribution in [3.05, 3.63) is 82.6 Å². The lowest BCUT2D eigenvalue weighted by Crippen LogP contribution is -2.48. The van der Waals surface area contributed by atoms with E-state index >= 15 is 0 Å². The molecule has 1 amide bonds. The van der Waals surface area contributed by atoms with Gasteiger partial charge in [-0.25, -0.2) is 12.8 Å². The standard InChI is InChI=1S/C23H20ClFN2O4S/c1-14-3-7-17(8-4-14)32(29,30)27-13-22(31-21-10-5-15(2)11-20(21)27)23(28)26-16-6-9-19(25)18(24)12-16/h3-12,22H,13H2,1-2H3,(H,26,28). The molecule has 4 rings (SSSR count). The quantitative estimate of drug-likeness (QED) is 0.595. The summed E-state index contributed by atoms with van der Waals surface area (Å²) >= 11 is 5.78. The minimum atomic E-state index is -3.96. The van der Waals surface area contributed by atoms with Gasteiger partial charge < -0.3 is 10.1 Å². The molecule has 1 aliphatic heterocycles. The maximum absolute atomic E-state index is 13.5. The van der Waals surface area contributed by atoms with Gasteiger partial charge in [-0.2, -0.15) is 0 Å². The van der Waals surface area contributed by atoms with Crippen molar-refractivity contribution >= 4 is 38.9 Å². The van der Waals surface area contributed by atoms with Crippen molar-refractivity contribution < 1.29 is 22.3 Å². The summed E-state index contributed by atoms with van der Waals surface area (Å²) < 4.78 is 47.4. The van der Waals surface area contributed by atoms with Crippen LogP contribution in [0.5, 0.6) is 5.75 Å². The Balaban J connectivity index is 1.69. The molecule has 0 saturated heterocycles. The van der Waals surface area contributed by atoms with Gasteiger partial charge in [-0.05, 0) is 61.9 Å². The van der Waals surface area contributed by atoms with E-state index in [4.69, 9.17) is 16.3 Å². The van der Waals surface area contributed by atoms with Gasteiger partial charge in [0, 0.05) is 5.69 Å². The van der Waals surface area contributed by atoms with Crippen LogP contribution in [0.4, 0.5) is 15.8 Å². The first kappa shape index (κ1) is 22.1. The van der Waals surface area contributed by atoms with Crippen molar-refractivity contribution in [2.45, 2.75) is 24.8 Å². The number of hydrogen-bond donors (Lipinski definition) is 1. The van der Waals surface area contributed by atoms with Gasteiger partial charge >= 0.3 is 0 Å². The number of rotatable bonds is 4. The normalized spacial score (nSPS) is 15.6. The third-order valence-corrected chi connectivity index (χ3v) is 7.16. The topological polar surface area (TPSA) is 75.7 Å². The van der Waals surface area contributed by atoms with Gasteiger partial charge in [0.1, 0.15) is 11.6 Å². The summed E-state index contributed by atoms with van der Waals surface area (Å²) in [5, 5.41) is 2.46. The first-order valence-corrected chi connectivity index (χ1v) is 11.6. The van der Waals surface area contributed by atoms with Crippen LogP contribution in [0, 0.1) is 19.7 Å².